The van der Waals surface area contributed by atoms with Gasteiger partial charge in [0.25, 0.3) is 0 Å². The first-order valence-electron chi connectivity index (χ1n) is 12.7. The van der Waals surface area contributed by atoms with Gasteiger partial charge in [0.2, 0.25) is 5.41 Å². The molecule has 0 atom stereocenters. The molecule has 0 fully saturated rings. The maximum absolute atomic E-state index is 14.6. The van der Waals surface area contributed by atoms with Crippen molar-refractivity contribution in [3.05, 3.63) is 118 Å². The standard InChI is InChI=1S/C31H14F6O8/c32-30(33,34)29(31(35,36)37,15-4-8-17(9-5-15)42-19-12-13-20-22(14-19)27(40)44-25(20)38)16-6-10-18(11-7-16)43-23-3-1-2-21-24(23)28(41)45-26(21)39/h1-14H. The summed E-state index contributed by atoms with van der Waals surface area (Å²) in [5.41, 5.74) is -7.32. The highest BCUT2D eigenvalue weighted by Gasteiger charge is 2.72. The maximum Gasteiger partial charge on any atom is 0.411 e. The molecule has 0 saturated carbocycles. The molecule has 4 aromatic rings. The molecule has 2 aliphatic heterocycles. The van der Waals surface area contributed by atoms with Crippen LogP contribution in [0.5, 0.6) is 23.0 Å². The van der Waals surface area contributed by atoms with E-state index in [1.54, 1.807) is 0 Å². The zero-order valence-electron chi connectivity index (χ0n) is 22.1. The van der Waals surface area contributed by atoms with Crippen LogP contribution in [0.2, 0.25) is 0 Å². The Bertz CT molecular complexity index is 1880. The molecule has 2 aliphatic rings. The monoisotopic (exact) mass is 628 g/mol. The molecule has 0 spiro atoms. The Labute approximate surface area is 247 Å². The van der Waals surface area contributed by atoms with Crippen molar-refractivity contribution in [2.75, 3.05) is 0 Å². The van der Waals surface area contributed by atoms with Gasteiger partial charge >= 0.3 is 36.2 Å². The van der Waals surface area contributed by atoms with Crippen molar-refractivity contribution in [2.45, 2.75) is 17.8 Å². The van der Waals surface area contributed by atoms with E-state index in [4.69, 9.17) is 9.47 Å². The molecule has 14 heteroatoms. The van der Waals surface area contributed by atoms with Crippen molar-refractivity contribution in [3.8, 4) is 23.0 Å². The van der Waals surface area contributed by atoms with Gasteiger partial charge in [-0.25, -0.2) is 19.2 Å². The highest BCUT2D eigenvalue weighted by atomic mass is 19.4. The Morgan fingerprint density at radius 3 is 1.56 bits per heavy atom. The third-order valence-corrected chi connectivity index (χ3v) is 7.14. The molecule has 0 N–H and O–H groups in total. The predicted octanol–water partition coefficient (Wildman–Crippen LogP) is 7.30. The van der Waals surface area contributed by atoms with E-state index >= 15 is 0 Å². The normalized spacial score (nSPS) is 14.5. The second-order valence-electron chi connectivity index (χ2n) is 9.74. The van der Waals surface area contributed by atoms with E-state index in [2.05, 4.69) is 9.47 Å². The lowest BCUT2D eigenvalue weighted by atomic mass is 9.73. The summed E-state index contributed by atoms with van der Waals surface area (Å²) in [6.45, 7) is 0. The predicted molar refractivity (Wildman–Crippen MR) is 138 cm³/mol. The van der Waals surface area contributed by atoms with Crippen molar-refractivity contribution in [1.29, 1.82) is 0 Å². The minimum absolute atomic E-state index is 0.0236. The molecule has 45 heavy (non-hydrogen) atoms. The van der Waals surface area contributed by atoms with Crippen LogP contribution in [0, 0.1) is 0 Å². The number of cyclic esters (lactones) is 4. The van der Waals surface area contributed by atoms with Gasteiger partial charge in [0.15, 0.2) is 0 Å². The Balaban J connectivity index is 1.33. The summed E-state index contributed by atoms with van der Waals surface area (Å²) in [5, 5.41) is 0. The smallest absolute Gasteiger partial charge is 0.411 e. The van der Waals surface area contributed by atoms with Gasteiger partial charge in [-0.3, -0.25) is 0 Å². The Kier molecular flexibility index (Phi) is 6.68. The van der Waals surface area contributed by atoms with E-state index in [1.807, 2.05) is 0 Å². The van der Waals surface area contributed by atoms with Gasteiger partial charge in [-0.05, 0) is 65.7 Å². The fourth-order valence-electron chi connectivity index (χ4n) is 5.11. The molecular weight excluding hydrogens is 614 g/mol. The van der Waals surface area contributed by atoms with Crippen molar-refractivity contribution in [2.24, 2.45) is 0 Å². The lowest BCUT2D eigenvalue weighted by Gasteiger charge is -2.38. The molecule has 6 rings (SSSR count). The highest BCUT2D eigenvalue weighted by molar-refractivity contribution is 6.16. The molecule has 0 radical (unpaired) electrons. The SMILES string of the molecule is O=C1OC(=O)c2cc(Oc3ccc(C(c4ccc(Oc5cccc6c5C(=O)OC6=O)cc4)(C(F)(F)F)C(F)(F)F)cc3)ccc21. The van der Waals surface area contributed by atoms with Crippen LogP contribution in [0.25, 0.3) is 0 Å². The van der Waals surface area contributed by atoms with Crippen molar-refractivity contribution in [1.82, 2.24) is 0 Å². The number of ether oxygens (including phenoxy) is 4. The number of fused-ring (bicyclic) bond motifs is 2. The average Bonchev–Trinajstić information content (AvgIpc) is 3.42. The number of esters is 4. The van der Waals surface area contributed by atoms with Crippen LogP contribution in [-0.2, 0) is 14.9 Å². The number of benzene rings is 4. The molecule has 0 bridgehead atoms. The summed E-state index contributed by atoms with van der Waals surface area (Å²) in [7, 11) is 0. The van der Waals surface area contributed by atoms with Crippen molar-refractivity contribution in [3.63, 3.8) is 0 Å². The molecule has 8 nitrogen and oxygen atoms in total. The molecule has 4 aromatic carbocycles. The van der Waals surface area contributed by atoms with Crippen LogP contribution in [0.1, 0.15) is 52.6 Å². The van der Waals surface area contributed by atoms with E-state index in [0.717, 1.165) is 30.3 Å². The molecule has 0 amide bonds. The average molecular weight is 628 g/mol. The lowest BCUT2D eigenvalue weighted by molar-refractivity contribution is -0.288. The van der Waals surface area contributed by atoms with Crippen molar-refractivity contribution >= 4 is 23.9 Å². The fourth-order valence-corrected chi connectivity index (χ4v) is 5.11. The molecule has 228 valence electrons. The quantitative estimate of drug-likeness (QED) is 0.124. The van der Waals surface area contributed by atoms with E-state index in [-0.39, 0.29) is 45.3 Å². The summed E-state index contributed by atoms with van der Waals surface area (Å²) in [6.07, 6.45) is -11.8. The van der Waals surface area contributed by atoms with Crippen molar-refractivity contribution < 1.29 is 64.5 Å². The van der Waals surface area contributed by atoms with Gasteiger partial charge in [0, 0.05) is 0 Å². The van der Waals surface area contributed by atoms with Crippen LogP contribution < -0.4 is 9.47 Å². The molecule has 0 aromatic heterocycles. The fraction of sp³-hybridized carbons (Fsp3) is 0.0968. The molecule has 0 unspecified atom stereocenters. The molecule has 0 aliphatic carbocycles. The van der Waals surface area contributed by atoms with Gasteiger partial charge in [-0.2, -0.15) is 26.3 Å². The first-order chi connectivity index (χ1) is 21.2. The zero-order valence-corrected chi connectivity index (χ0v) is 22.1. The van der Waals surface area contributed by atoms with Crippen LogP contribution in [0.4, 0.5) is 26.3 Å². The summed E-state index contributed by atoms with van der Waals surface area (Å²) in [4.78, 5) is 47.2. The minimum Gasteiger partial charge on any atom is -0.457 e. The highest BCUT2D eigenvalue weighted by Crippen LogP contribution is 2.56. The van der Waals surface area contributed by atoms with Gasteiger partial charge in [0.05, 0.1) is 16.7 Å². The number of alkyl halides is 6. The number of carbonyl (C=O) groups excluding carboxylic acids is 4. The van der Waals surface area contributed by atoms with Crippen LogP contribution >= 0.6 is 0 Å². The molecule has 0 saturated heterocycles. The molecular formula is C31H14F6O8. The number of halogens is 6. The zero-order chi connectivity index (χ0) is 32.3. The van der Waals surface area contributed by atoms with Gasteiger partial charge in [-0.1, -0.05) is 30.3 Å². The van der Waals surface area contributed by atoms with Crippen LogP contribution in [0.15, 0.2) is 84.9 Å². The second-order valence-corrected chi connectivity index (χ2v) is 9.74. The summed E-state index contributed by atoms with van der Waals surface area (Å²) in [6, 6.07) is 13.5. The van der Waals surface area contributed by atoms with Gasteiger partial charge in [0.1, 0.15) is 28.6 Å². The van der Waals surface area contributed by atoms with Crippen LogP contribution in [-0.4, -0.2) is 36.2 Å². The number of rotatable bonds is 6. The van der Waals surface area contributed by atoms with E-state index in [0.29, 0.717) is 24.3 Å². The van der Waals surface area contributed by atoms with Gasteiger partial charge < -0.3 is 18.9 Å². The summed E-state index contributed by atoms with van der Waals surface area (Å²) >= 11 is 0. The first-order valence-corrected chi connectivity index (χ1v) is 12.7. The lowest BCUT2D eigenvalue weighted by Crippen LogP contribution is -2.54. The second kappa shape index (κ2) is 10.2. The van der Waals surface area contributed by atoms with E-state index in [1.165, 1.54) is 30.3 Å². The Morgan fingerprint density at radius 1 is 0.489 bits per heavy atom. The van der Waals surface area contributed by atoms with Crippen LogP contribution in [0.3, 0.4) is 0 Å². The minimum atomic E-state index is -5.88. The van der Waals surface area contributed by atoms with Gasteiger partial charge in [-0.15, -0.1) is 0 Å². The summed E-state index contributed by atoms with van der Waals surface area (Å²) in [5.74, 6) is -4.34. The number of hydrogen-bond acceptors (Lipinski definition) is 8. The first kappa shape index (κ1) is 29.4. The third kappa shape index (κ3) is 4.74. The topological polar surface area (TPSA) is 105 Å². The Morgan fingerprint density at radius 2 is 0.978 bits per heavy atom. The van der Waals surface area contributed by atoms with E-state index < -0.39 is 52.8 Å². The molecule has 2 heterocycles. The summed E-state index contributed by atoms with van der Waals surface area (Å²) < 4.78 is 108. The maximum atomic E-state index is 14.6. The Hall–Kier alpha value is -5.66. The number of hydrogen-bond donors (Lipinski definition) is 0. The third-order valence-electron chi connectivity index (χ3n) is 7.14. The number of carbonyl (C=O) groups is 4. The largest absolute Gasteiger partial charge is 0.457 e. The van der Waals surface area contributed by atoms with E-state index in [9.17, 15) is 45.5 Å².